The van der Waals surface area contributed by atoms with Gasteiger partial charge in [-0.1, -0.05) is 253 Å². The monoisotopic (exact) mass is 2120 g/mol. The second kappa shape index (κ2) is 53.3. The van der Waals surface area contributed by atoms with Gasteiger partial charge in [-0.05, 0) is 316 Å². The first kappa shape index (κ1) is 112. The van der Waals surface area contributed by atoms with Gasteiger partial charge in [-0.25, -0.2) is 22.0 Å². The number of Topliss-reactive ketones (excluding diaryl/α,β-unsaturated/α-hetero) is 1. The number of para-hydroxylation sites is 4. The van der Waals surface area contributed by atoms with Crippen LogP contribution >= 0.6 is 62.3 Å². The molecule has 12 atom stereocenters. The van der Waals surface area contributed by atoms with Crippen LogP contribution in [0.1, 0.15) is 328 Å². The van der Waals surface area contributed by atoms with Crippen LogP contribution in [0.3, 0.4) is 0 Å². The van der Waals surface area contributed by atoms with Crippen molar-refractivity contribution in [3.05, 3.63) is 356 Å². The van der Waals surface area contributed by atoms with Crippen LogP contribution in [0, 0.1) is 29.1 Å². The van der Waals surface area contributed by atoms with E-state index in [-0.39, 0.29) is 29.1 Å². The van der Waals surface area contributed by atoms with Crippen molar-refractivity contribution in [1.29, 1.82) is 0 Å². The van der Waals surface area contributed by atoms with Crippen LogP contribution in [0.5, 0.6) is 63.2 Å². The summed E-state index contributed by atoms with van der Waals surface area (Å²) < 4.78 is 125. The van der Waals surface area contributed by atoms with E-state index < -0.39 is 11.6 Å². The van der Waals surface area contributed by atoms with Gasteiger partial charge in [0, 0.05) is 56.4 Å². The molecule has 145 heavy (non-hydrogen) atoms. The Balaban J connectivity index is 0.000000132. The second-order valence-corrected chi connectivity index (χ2v) is 42.7. The molecule has 0 radical (unpaired) electrons. The Kier molecular flexibility index (Phi) is 41.0. The van der Waals surface area contributed by atoms with Gasteiger partial charge in [0.1, 0.15) is 69.2 Å². The first-order valence-corrected chi connectivity index (χ1v) is 53.4. The number of fused-ring (bicyclic) bond motifs is 12. The van der Waals surface area contributed by atoms with Gasteiger partial charge in [0.05, 0.1) is 87.7 Å². The Bertz CT molecular complexity index is 6030. The molecule has 22 heteroatoms. The summed E-state index contributed by atoms with van der Waals surface area (Å²) in [4.78, 5) is 11.3. The highest BCUT2D eigenvalue weighted by Gasteiger charge is 2.35. The number of hydrogen-bond acceptors (Lipinski definition) is 12. The maximum absolute atomic E-state index is 13.1. The average Bonchev–Trinajstić information content (AvgIpc) is 1.62. The van der Waals surface area contributed by atoms with Crippen LogP contribution in [-0.2, 0) is 5.41 Å². The quantitative estimate of drug-likeness (QED) is 0.146. The molecule has 0 amide bonds. The second-order valence-electron chi connectivity index (χ2n) is 40.1. The number of halogens is 10. The highest BCUT2D eigenvalue weighted by atomic mass is 79.9. The molecule has 772 valence electrons. The predicted molar refractivity (Wildman–Crippen MR) is 580 cm³/mol. The minimum Gasteiger partial charge on any atom is -0.497 e. The Morgan fingerprint density at radius 3 is 1.21 bits per heavy atom. The first-order chi connectivity index (χ1) is 69.6. The molecule has 10 heterocycles. The van der Waals surface area contributed by atoms with Gasteiger partial charge >= 0.3 is 0 Å². The first-order valence-electron chi connectivity index (χ1n) is 51.1. The van der Waals surface area contributed by atoms with Gasteiger partial charge in [0.15, 0.2) is 28.9 Å². The van der Waals surface area contributed by atoms with Gasteiger partial charge in [-0.3, -0.25) is 4.79 Å². The summed E-state index contributed by atoms with van der Waals surface area (Å²) in [7, 11) is 1.69. The van der Waals surface area contributed by atoms with Crippen molar-refractivity contribution in [2.75, 3.05) is 73.2 Å². The van der Waals surface area contributed by atoms with Crippen LogP contribution in [0.4, 0.5) is 22.0 Å². The Hall–Kier alpha value is -10.6. The fourth-order valence-electron chi connectivity index (χ4n) is 19.9. The molecule has 24 rings (SSSR count). The van der Waals surface area contributed by atoms with Crippen molar-refractivity contribution in [2.24, 2.45) is 0 Å². The summed E-state index contributed by atoms with van der Waals surface area (Å²) in [6.45, 7) is 38.2. The van der Waals surface area contributed by atoms with Crippen molar-refractivity contribution in [2.45, 2.75) is 250 Å². The molecule has 12 aliphatic rings. The molecule has 0 saturated heterocycles. The Labute approximate surface area is 883 Å². The van der Waals surface area contributed by atoms with Crippen LogP contribution in [-0.4, -0.2) is 79.0 Å². The fourth-order valence-corrected chi connectivity index (χ4v) is 21.4. The molecule has 0 fully saturated rings. The van der Waals surface area contributed by atoms with E-state index in [4.69, 9.17) is 98.5 Å². The van der Waals surface area contributed by atoms with Crippen molar-refractivity contribution < 1.29 is 78.9 Å². The van der Waals surface area contributed by atoms with Crippen LogP contribution < -0.4 is 52.1 Å². The smallest absolute Gasteiger partial charge is 0.168 e. The standard InChI is InChI=1S/C12H16.C11H14O2.C10H11BrO.C10H10Cl2O.2C10H11ClO.C10H10F2O.3C10H11FO.C10H12O.C10H10O/c1-9-8-12(2,3)11-7-5-4-6-10(9)11;1-8-5-6-13-11-4-3-9(12-2)7-10(8)11;1-7-5-6-12-10-8(7)3-2-4-9(10)11;1-6-2-3-13-10-8(6)4-7(11)5-9(10)12;1-7-4-5-12-10-3-2-8(11)6-9(7)10;1-7-5-6-12-10-8(7)3-2-4-9(10)11;1-6-2-3-13-10-8(6)4-7(11)5-9(10)12;1-7-4-5-12-10-3-2-8(11)6-9(7)10;1-7-4-5-12-10-6-8(11)2-3-9(7)10;1-7-5-6-12-10-8(7)3-2-4-9(10)11;1-8-6-7-11-10-5-3-2-4-9(8)10;1-7-6-10(11)9-5-3-2-4-8(7)9/h4-7,9H,8H2,1-3H3;3-4,7-8H,5-6H2,1-2H3;2-4,7H,5-6H2,1H3;4-6H,2-3H2,1H3;2-3,6-7H,4-5H2,1H3;2-4,7H,5-6H2,1H3;4-6H,2-3H2,1H3;2*2-3,6-7H,4-5H2,1H3;2-4,7H,5-6H2,1H3;2-5,8H,6-7H2,1H3;2-5,7H,6H2,1H3. The van der Waals surface area contributed by atoms with Gasteiger partial charge in [0.2, 0.25) is 0 Å². The van der Waals surface area contributed by atoms with Crippen molar-refractivity contribution >= 4 is 68.1 Å². The minimum atomic E-state index is -0.596. The maximum atomic E-state index is 13.1. The van der Waals surface area contributed by atoms with Gasteiger partial charge in [0.25, 0.3) is 0 Å². The summed E-state index contributed by atoms with van der Waals surface area (Å²) >= 11 is 27.3. The number of ether oxygens (including phenoxy) is 11. The molecule has 0 bridgehead atoms. The van der Waals surface area contributed by atoms with Crippen molar-refractivity contribution in [3.8, 4) is 63.2 Å². The third-order valence-electron chi connectivity index (χ3n) is 28.8. The molecule has 10 aliphatic heterocycles. The van der Waals surface area contributed by atoms with E-state index >= 15 is 0 Å². The van der Waals surface area contributed by atoms with Crippen LogP contribution in [0.15, 0.2) is 229 Å². The number of benzene rings is 12. The number of hydrogen-bond donors (Lipinski definition) is 0. The van der Waals surface area contributed by atoms with Gasteiger partial charge < -0.3 is 52.1 Å². The van der Waals surface area contributed by atoms with E-state index in [1.807, 2.05) is 110 Å². The molecule has 12 nitrogen and oxygen atoms in total. The van der Waals surface area contributed by atoms with Crippen molar-refractivity contribution in [1.82, 2.24) is 0 Å². The summed E-state index contributed by atoms with van der Waals surface area (Å²) in [5.74, 6) is 13.7. The van der Waals surface area contributed by atoms with E-state index in [9.17, 15) is 26.7 Å². The summed E-state index contributed by atoms with van der Waals surface area (Å²) in [5.41, 5.74) is 17.0. The molecular weight excluding hydrogens is 1990 g/mol. The number of ketones is 1. The Morgan fingerprint density at radius 1 is 0.290 bits per heavy atom. The zero-order chi connectivity index (χ0) is 104. The molecular formula is C123H138BrCl4F5O12. The molecule has 0 aromatic heterocycles. The zero-order valence-corrected chi connectivity index (χ0v) is 90.6. The molecule has 12 aromatic carbocycles. The predicted octanol–water partition coefficient (Wildman–Crippen LogP) is 35.7. The van der Waals surface area contributed by atoms with Crippen molar-refractivity contribution in [3.63, 3.8) is 0 Å². The normalized spacial score (nSPS) is 21.6. The molecule has 0 N–H and O–H groups in total. The van der Waals surface area contributed by atoms with E-state index in [0.717, 1.165) is 211 Å². The largest absolute Gasteiger partial charge is 0.497 e. The van der Waals surface area contributed by atoms with Gasteiger partial charge in [-0.2, -0.15) is 0 Å². The third-order valence-corrected chi connectivity index (χ3v) is 30.4. The lowest BCUT2D eigenvalue weighted by molar-refractivity contribution is 0.0990. The average molecular weight is 2130 g/mol. The molecule has 0 saturated carbocycles. The summed E-state index contributed by atoms with van der Waals surface area (Å²) in [6.07, 6.45) is 12.4. The number of methoxy groups -OCH3 is 1. The van der Waals surface area contributed by atoms with Crippen LogP contribution in [0.2, 0.25) is 20.1 Å². The molecule has 2 aliphatic carbocycles. The molecule has 0 spiro atoms. The number of carbonyl (C=O) groups is 1. The lowest BCUT2D eigenvalue weighted by Crippen LogP contribution is -2.13. The lowest BCUT2D eigenvalue weighted by atomic mass is 9.86. The zero-order valence-electron chi connectivity index (χ0n) is 86.0. The van der Waals surface area contributed by atoms with Crippen LogP contribution in [0.25, 0.3) is 0 Å². The lowest BCUT2D eigenvalue weighted by Gasteiger charge is -2.23. The van der Waals surface area contributed by atoms with E-state index in [1.54, 1.807) is 42.5 Å². The third kappa shape index (κ3) is 29.9. The summed E-state index contributed by atoms with van der Waals surface area (Å²) in [6, 6.07) is 69.5. The SMILES string of the molecule is CC1CC(=O)c2ccccc21.CC1CC(C)(C)c2ccccc21.CC1CCOc2c(Br)cccc21.CC1CCOc2c(Cl)cc(Cl)cc21.CC1CCOc2c(Cl)cccc21.CC1CCOc2c(F)cc(F)cc21.CC1CCOc2c(F)cccc21.CC1CCOc2cc(F)ccc21.CC1CCOc2ccc(Cl)cc21.CC1CCOc2ccc(F)cc21.CC1CCOc2ccccc21.COc1ccc2c(c1)C(C)CCO2. The highest BCUT2D eigenvalue weighted by Crippen LogP contribution is 2.49. The summed E-state index contributed by atoms with van der Waals surface area (Å²) in [5, 5.41) is 2.83. The Morgan fingerprint density at radius 2 is 0.669 bits per heavy atom. The topological polar surface area (TPSA) is 119 Å². The molecule has 12 unspecified atom stereocenters. The van der Waals surface area contributed by atoms with E-state index in [1.165, 1.54) is 70.1 Å². The highest BCUT2D eigenvalue weighted by molar-refractivity contribution is 9.10. The maximum Gasteiger partial charge on any atom is 0.168 e. The molecule has 12 aromatic rings. The van der Waals surface area contributed by atoms with E-state index in [0.29, 0.717) is 124 Å². The fraction of sp³-hybridized carbons (Fsp3) is 0.407. The number of rotatable bonds is 1. The number of carbonyl (C=O) groups excluding carboxylic acids is 1. The van der Waals surface area contributed by atoms with Gasteiger partial charge in [-0.15, -0.1) is 0 Å². The minimum absolute atomic E-state index is 0.175. The van der Waals surface area contributed by atoms with E-state index in [2.05, 4.69) is 167 Å².